The van der Waals surface area contributed by atoms with Crippen molar-refractivity contribution in [1.29, 1.82) is 0 Å². The maximum atomic E-state index is 15.7. The van der Waals surface area contributed by atoms with Gasteiger partial charge in [0.05, 0.1) is 44.5 Å². The summed E-state index contributed by atoms with van der Waals surface area (Å²) in [6.07, 6.45) is -8.64. The summed E-state index contributed by atoms with van der Waals surface area (Å²) >= 11 is 6.35. The first-order valence-electron chi connectivity index (χ1n) is 14.0. The minimum atomic E-state index is -5.01. The van der Waals surface area contributed by atoms with Crippen molar-refractivity contribution in [1.82, 2.24) is 14.7 Å². The highest BCUT2D eigenvalue weighted by Gasteiger charge is 2.45. The lowest BCUT2D eigenvalue weighted by Crippen LogP contribution is -2.36. The molecule has 0 fully saturated rings. The van der Waals surface area contributed by atoms with Gasteiger partial charge in [-0.3, -0.25) is 4.90 Å². The number of alkyl halides is 6. The van der Waals surface area contributed by atoms with E-state index in [1.54, 1.807) is 23.4 Å². The van der Waals surface area contributed by atoms with E-state index < -0.39 is 34.8 Å². The smallest absolute Gasteiger partial charge is 0.397 e. The second kappa shape index (κ2) is 11.1. The Balaban J connectivity index is 1.70. The first-order valence-corrected chi connectivity index (χ1v) is 14.4. The molecule has 2 heterocycles. The Morgan fingerprint density at radius 1 is 0.909 bits per heavy atom. The molecule has 4 nitrogen and oxygen atoms in total. The van der Waals surface area contributed by atoms with Gasteiger partial charge in [0.1, 0.15) is 5.82 Å². The van der Waals surface area contributed by atoms with Crippen molar-refractivity contribution in [2.75, 3.05) is 5.73 Å². The number of benzene rings is 3. The zero-order valence-corrected chi connectivity index (χ0v) is 25.1. The third-order valence-corrected chi connectivity index (χ3v) is 8.65. The number of hydrogen-bond donors (Lipinski definition) is 1. The molecule has 0 spiro atoms. The molecule has 0 bridgehead atoms. The molecule has 0 aliphatic carbocycles. The summed E-state index contributed by atoms with van der Waals surface area (Å²) in [6.45, 7) is 7.25. The van der Waals surface area contributed by atoms with Crippen molar-refractivity contribution < 1.29 is 30.7 Å². The van der Waals surface area contributed by atoms with Gasteiger partial charge in [-0.1, -0.05) is 49.7 Å². The first-order chi connectivity index (χ1) is 20.5. The molecule has 44 heavy (non-hydrogen) atoms. The molecule has 2 N–H and O–H groups in total. The van der Waals surface area contributed by atoms with Gasteiger partial charge in [-0.25, -0.2) is 9.07 Å². The number of nitrogen functional groups attached to an aromatic ring is 1. The standard InChI is InChI=1S/C32H30ClF7N4/c1-5-17-8-7-9-18(6-2)27(17)44-28(21-13-24(33)26(41)14-25(21)34)22-16-43(30(3,4)29(22)42-44)15-19-10-11-20(31(35,36)37)12-23(19)32(38,39)40/h7-14H,5-6,15-16,41H2,1-4H3. The van der Waals surface area contributed by atoms with Crippen LogP contribution in [0.1, 0.15) is 66.8 Å². The number of aromatic nitrogens is 2. The Hall–Kier alpha value is -3.57. The Labute approximate surface area is 255 Å². The summed E-state index contributed by atoms with van der Waals surface area (Å²) in [6, 6.07) is 10.0. The summed E-state index contributed by atoms with van der Waals surface area (Å²) in [5.41, 5.74) is 6.15. The summed E-state index contributed by atoms with van der Waals surface area (Å²) < 4.78 is 99.2. The molecule has 0 atom stereocenters. The molecule has 0 amide bonds. The van der Waals surface area contributed by atoms with Gasteiger partial charge in [-0.15, -0.1) is 0 Å². The lowest BCUT2D eigenvalue weighted by molar-refractivity contribution is -0.143. The summed E-state index contributed by atoms with van der Waals surface area (Å²) in [7, 11) is 0. The van der Waals surface area contributed by atoms with E-state index in [1.807, 2.05) is 32.0 Å². The van der Waals surface area contributed by atoms with Gasteiger partial charge in [0.2, 0.25) is 0 Å². The molecule has 5 rings (SSSR count). The monoisotopic (exact) mass is 638 g/mol. The zero-order chi connectivity index (χ0) is 32.4. The number of anilines is 1. The van der Waals surface area contributed by atoms with Gasteiger partial charge in [-0.05, 0) is 67.6 Å². The van der Waals surface area contributed by atoms with Crippen LogP contribution in [0.25, 0.3) is 16.9 Å². The minimum absolute atomic E-state index is 0.0442. The number of rotatable bonds is 6. The molecule has 4 aromatic rings. The third kappa shape index (κ3) is 5.45. The van der Waals surface area contributed by atoms with Crippen LogP contribution in [-0.2, 0) is 43.8 Å². The topological polar surface area (TPSA) is 47.1 Å². The summed E-state index contributed by atoms with van der Waals surface area (Å²) in [4.78, 5) is 1.69. The fourth-order valence-electron chi connectivity index (χ4n) is 5.91. The largest absolute Gasteiger partial charge is 0.416 e. The van der Waals surface area contributed by atoms with E-state index in [4.69, 9.17) is 22.4 Å². The predicted molar refractivity (Wildman–Crippen MR) is 156 cm³/mol. The van der Waals surface area contributed by atoms with Crippen LogP contribution in [0.3, 0.4) is 0 Å². The van der Waals surface area contributed by atoms with Crippen LogP contribution in [0.5, 0.6) is 0 Å². The van der Waals surface area contributed by atoms with Crippen molar-refractivity contribution >= 4 is 17.3 Å². The summed E-state index contributed by atoms with van der Waals surface area (Å²) in [5.74, 6) is -0.652. The van der Waals surface area contributed by atoms with Gasteiger partial charge in [0.15, 0.2) is 0 Å². The Bertz CT molecular complexity index is 1720. The molecular weight excluding hydrogens is 609 g/mol. The minimum Gasteiger partial charge on any atom is -0.397 e. The van der Waals surface area contributed by atoms with Crippen LogP contribution in [-0.4, -0.2) is 14.7 Å². The maximum absolute atomic E-state index is 15.7. The van der Waals surface area contributed by atoms with Crippen molar-refractivity contribution in [3.05, 3.63) is 98.4 Å². The van der Waals surface area contributed by atoms with Gasteiger partial charge in [-0.2, -0.15) is 31.4 Å². The molecular formula is C32H30ClF7N4. The maximum Gasteiger partial charge on any atom is 0.416 e. The van der Waals surface area contributed by atoms with Gasteiger partial charge < -0.3 is 5.73 Å². The van der Waals surface area contributed by atoms with E-state index in [1.165, 1.54) is 6.07 Å². The fraction of sp³-hybridized carbons (Fsp3) is 0.344. The van der Waals surface area contributed by atoms with Crippen LogP contribution >= 0.6 is 11.6 Å². The number of nitrogens with zero attached hydrogens (tertiary/aromatic N) is 3. The highest BCUT2D eigenvalue weighted by Crippen LogP contribution is 2.47. The van der Waals surface area contributed by atoms with Crippen molar-refractivity contribution in [3.63, 3.8) is 0 Å². The van der Waals surface area contributed by atoms with E-state index >= 15 is 4.39 Å². The Morgan fingerprint density at radius 3 is 2.11 bits per heavy atom. The van der Waals surface area contributed by atoms with Crippen LogP contribution in [0, 0.1) is 5.82 Å². The second-order valence-corrected chi connectivity index (χ2v) is 11.8. The van der Waals surface area contributed by atoms with Crippen LogP contribution < -0.4 is 5.73 Å². The predicted octanol–water partition coefficient (Wildman–Crippen LogP) is 9.33. The molecule has 234 valence electrons. The van der Waals surface area contributed by atoms with Crippen molar-refractivity contribution in [2.24, 2.45) is 0 Å². The van der Waals surface area contributed by atoms with E-state index in [-0.39, 0.29) is 41.0 Å². The van der Waals surface area contributed by atoms with E-state index in [0.717, 1.165) is 28.9 Å². The average Bonchev–Trinajstić information content (AvgIpc) is 3.42. The number of fused-ring (bicyclic) bond motifs is 1. The number of aryl methyl sites for hydroxylation is 2. The molecule has 3 aromatic carbocycles. The van der Waals surface area contributed by atoms with Crippen LogP contribution in [0.2, 0.25) is 5.02 Å². The highest BCUT2D eigenvalue weighted by atomic mass is 35.5. The van der Waals surface area contributed by atoms with Crippen LogP contribution in [0.15, 0.2) is 48.5 Å². The van der Waals surface area contributed by atoms with E-state index in [0.29, 0.717) is 35.9 Å². The van der Waals surface area contributed by atoms with E-state index in [9.17, 15) is 26.3 Å². The van der Waals surface area contributed by atoms with Crippen molar-refractivity contribution in [3.8, 4) is 16.9 Å². The normalized spacial score (nSPS) is 15.2. The lowest BCUT2D eigenvalue weighted by Gasteiger charge is -2.33. The molecule has 0 radical (unpaired) electrons. The van der Waals surface area contributed by atoms with E-state index in [2.05, 4.69) is 0 Å². The quantitative estimate of drug-likeness (QED) is 0.169. The molecule has 0 saturated heterocycles. The Kier molecular flexibility index (Phi) is 8.03. The van der Waals surface area contributed by atoms with Gasteiger partial charge in [0.25, 0.3) is 0 Å². The first kappa shape index (κ1) is 31.8. The SMILES string of the molecule is CCc1cccc(CC)c1-n1nc2c(c1-c1cc(Cl)c(N)cc1F)CN(Cc1ccc(C(F)(F)F)cc1C(F)(F)F)C2(C)C. The average molecular weight is 639 g/mol. The summed E-state index contributed by atoms with van der Waals surface area (Å²) in [5, 5.41) is 5.09. The van der Waals surface area contributed by atoms with Crippen molar-refractivity contribution in [2.45, 2.75) is 71.5 Å². The molecule has 0 saturated carbocycles. The third-order valence-electron chi connectivity index (χ3n) is 8.32. The molecule has 1 aliphatic heterocycles. The highest BCUT2D eigenvalue weighted by molar-refractivity contribution is 6.33. The lowest BCUT2D eigenvalue weighted by atomic mass is 9.97. The fourth-order valence-corrected chi connectivity index (χ4v) is 6.08. The molecule has 12 heteroatoms. The number of para-hydroxylation sites is 1. The number of halogens is 8. The second-order valence-electron chi connectivity index (χ2n) is 11.4. The zero-order valence-electron chi connectivity index (χ0n) is 24.4. The number of nitrogens with two attached hydrogens (primary N) is 1. The molecule has 1 aromatic heterocycles. The molecule has 0 unspecified atom stereocenters. The Morgan fingerprint density at radius 2 is 1.55 bits per heavy atom. The van der Waals surface area contributed by atoms with Gasteiger partial charge in [0, 0.05) is 24.2 Å². The molecule has 1 aliphatic rings. The van der Waals surface area contributed by atoms with Crippen LogP contribution in [0.4, 0.5) is 36.4 Å². The van der Waals surface area contributed by atoms with Gasteiger partial charge >= 0.3 is 12.4 Å². The number of hydrogen-bond acceptors (Lipinski definition) is 3.